The van der Waals surface area contributed by atoms with Crippen molar-refractivity contribution in [3.8, 4) is 5.75 Å². The van der Waals surface area contributed by atoms with Gasteiger partial charge < -0.3 is 19.7 Å². The van der Waals surface area contributed by atoms with Gasteiger partial charge in [0.1, 0.15) is 5.75 Å². The Bertz CT molecular complexity index is 960. The number of carbonyl (C=O) groups is 2. The van der Waals surface area contributed by atoms with Crippen molar-refractivity contribution < 1.29 is 24.0 Å². The molecule has 0 saturated heterocycles. The first-order chi connectivity index (χ1) is 14.9. The molecular formula is C22H25N3O6. The summed E-state index contributed by atoms with van der Waals surface area (Å²) in [5.41, 5.74) is 1.56. The molecule has 1 aliphatic heterocycles. The molecule has 31 heavy (non-hydrogen) atoms. The van der Waals surface area contributed by atoms with Crippen LogP contribution in [0.5, 0.6) is 5.75 Å². The van der Waals surface area contributed by atoms with Crippen molar-refractivity contribution in [2.45, 2.75) is 32.4 Å². The number of nitrogens with zero attached hydrogens (tertiary/aromatic N) is 2. The Morgan fingerprint density at radius 3 is 2.68 bits per heavy atom. The van der Waals surface area contributed by atoms with E-state index in [-0.39, 0.29) is 17.5 Å². The van der Waals surface area contributed by atoms with Crippen LogP contribution in [0.1, 0.15) is 35.7 Å². The van der Waals surface area contributed by atoms with Crippen molar-refractivity contribution in [3.63, 3.8) is 0 Å². The largest absolute Gasteiger partial charge is 0.480 e. The number of amides is 2. The number of nitro benzene ring substituents is 1. The topological polar surface area (TPSA) is 111 Å². The standard InChI is InChI=1S/C22H25N3O6/c1-3-19-22(27)24(11-4-12-30-2)14-16-13-17(7-10-20(16)31-19)23-21(26)15-5-8-18(9-6-15)25(28)29/h5-10,13,19H,3-4,11-12,14H2,1-2H3,(H,23,26). The van der Waals surface area contributed by atoms with E-state index in [1.807, 2.05) is 6.92 Å². The maximum atomic E-state index is 12.8. The van der Waals surface area contributed by atoms with Crippen LogP contribution >= 0.6 is 0 Å². The normalized spacial score (nSPS) is 15.6. The molecule has 0 saturated carbocycles. The summed E-state index contributed by atoms with van der Waals surface area (Å²) in [6.07, 6.45) is 0.715. The minimum absolute atomic E-state index is 0.0636. The van der Waals surface area contributed by atoms with Gasteiger partial charge in [-0.15, -0.1) is 0 Å². The highest BCUT2D eigenvalue weighted by atomic mass is 16.6. The van der Waals surface area contributed by atoms with Gasteiger partial charge in [0.15, 0.2) is 6.10 Å². The van der Waals surface area contributed by atoms with E-state index in [0.29, 0.717) is 49.5 Å². The quantitative estimate of drug-likeness (QED) is 0.393. The van der Waals surface area contributed by atoms with Crippen molar-refractivity contribution in [3.05, 3.63) is 63.7 Å². The number of methoxy groups -OCH3 is 1. The Balaban J connectivity index is 1.78. The Morgan fingerprint density at radius 2 is 2.03 bits per heavy atom. The van der Waals surface area contributed by atoms with Gasteiger partial charge in [0.05, 0.1) is 4.92 Å². The van der Waals surface area contributed by atoms with E-state index < -0.39 is 11.0 Å². The molecule has 9 heteroatoms. The van der Waals surface area contributed by atoms with E-state index in [4.69, 9.17) is 9.47 Å². The summed E-state index contributed by atoms with van der Waals surface area (Å²) < 4.78 is 11.0. The molecule has 1 aliphatic rings. The highest BCUT2D eigenvalue weighted by Gasteiger charge is 2.29. The maximum Gasteiger partial charge on any atom is 0.269 e. The van der Waals surface area contributed by atoms with Crippen LogP contribution in [0.3, 0.4) is 0 Å². The summed E-state index contributed by atoms with van der Waals surface area (Å²) in [5.74, 6) is 0.165. The number of anilines is 1. The molecule has 0 spiro atoms. The molecule has 2 amide bonds. The number of carbonyl (C=O) groups excluding carboxylic acids is 2. The third-order valence-electron chi connectivity index (χ3n) is 5.02. The average Bonchev–Trinajstić information content (AvgIpc) is 2.90. The highest BCUT2D eigenvalue weighted by Crippen LogP contribution is 2.29. The lowest BCUT2D eigenvalue weighted by Gasteiger charge is -2.23. The second-order valence-corrected chi connectivity index (χ2v) is 7.20. The molecule has 164 valence electrons. The number of fused-ring (bicyclic) bond motifs is 1. The molecule has 3 rings (SSSR count). The van der Waals surface area contributed by atoms with Gasteiger partial charge in [-0.05, 0) is 43.2 Å². The third kappa shape index (κ3) is 5.37. The van der Waals surface area contributed by atoms with Gasteiger partial charge in [0.25, 0.3) is 17.5 Å². The second-order valence-electron chi connectivity index (χ2n) is 7.20. The summed E-state index contributed by atoms with van der Waals surface area (Å²) in [6, 6.07) is 10.6. The van der Waals surface area contributed by atoms with Crippen LogP contribution in [0.4, 0.5) is 11.4 Å². The Labute approximate surface area is 180 Å². The van der Waals surface area contributed by atoms with Gasteiger partial charge in [-0.2, -0.15) is 0 Å². The predicted octanol–water partition coefficient (Wildman–Crippen LogP) is 3.38. The molecule has 1 atom stereocenters. The van der Waals surface area contributed by atoms with E-state index in [2.05, 4.69) is 5.32 Å². The third-order valence-corrected chi connectivity index (χ3v) is 5.02. The number of hydrogen-bond donors (Lipinski definition) is 1. The van der Waals surface area contributed by atoms with Crippen LogP contribution < -0.4 is 10.1 Å². The molecular weight excluding hydrogens is 402 g/mol. The maximum absolute atomic E-state index is 12.8. The van der Waals surface area contributed by atoms with E-state index in [1.165, 1.54) is 24.3 Å². The van der Waals surface area contributed by atoms with E-state index in [0.717, 1.165) is 5.56 Å². The lowest BCUT2D eigenvalue weighted by molar-refractivity contribution is -0.384. The first-order valence-corrected chi connectivity index (χ1v) is 10.1. The van der Waals surface area contributed by atoms with E-state index in [1.54, 1.807) is 30.2 Å². The van der Waals surface area contributed by atoms with Crippen LogP contribution in [-0.2, 0) is 16.1 Å². The van der Waals surface area contributed by atoms with Crippen LogP contribution in [0.25, 0.3) is 0 Å². The van der Waals surface area contributed by atoms with Gasteiger partial charge in [-0.25, -0.2) is 0 Å². The van der Waals surface area contributed by atoms with Gasteiger partial charge in [-0.1, -0.05) is 6.92 Å². The molecule has 0 aromatic heterocycles. The van der Waals surface area contributed by atoms with Crippen molar-refractivity contribution >= 4 is 23.2 Å². The van der Waals surface area contributed by atoms with Crippen LogP contribution in [0.15, 0.2) is 42.5 Å². The number of nitro groups is 1. The Hall–Kier alpha value is -3.46. The van der Waals surface area contributed by atoms with Crippen LogP contribution in [0, 0.1) is 10.1 Å². The molecule has 1 heterocycles. The molecule has 0 fully saturated rings. The zero-order valence-corrected chi connectivity index (χ0v) is 17.5. The SMILES string of the molecule is CCC1Oc2ccc(NC(=O)c3ccc([N+](=O)[O-])cc3)cc2CN(CCCOC)C1=O. The number of rotatable bonds is 8. The first kappa shape index (κ1) is 22.2. The molecule has 0 radical (unpaired) electrons. The van der Waals surface area contributed by atoms with Gasteiger partial charge in [0, 0.05) is 55.8 Å². The monoisotopic (exact) mass is 427 g/mol. The van der Waals surface area contributed by atoms with Crippen LogP contribution in [0.2, 0.25) is 0 Å². The molecule has 2 aromatic carbocycles. The Morgan fingerprint density at radius 1 is 1.29 bits per heavy atom. The second kappa shape index (κ2) is 10.0. The van der Waals surface area contributed by atoms with Crippen molar-refractivity contribution in [2.24, 2.45) is 0 Å². The zero-order chi connectivity index (χ0) is 22.4. The highest BCUT2D eigenvalue weighted by molar-refractivity contribution is 6.04. The zero-order valence-electron chi connectivity index (χ0n) is 17.5. The van der Waals surface area contributed by atoms with Crippen molar-refractivity contribution in [1.29, 1.82) is 0 Å². The van der Waals surface area contributed by atoms with E-state index >= 15 is 0 Å². The predicted molar refractivity (Wildman–Crippen MR) is 114 cm³/mol. The van der Waals surface area contributed by atoms with Crippen LogP contribution in [-0.4, -0.2) is 48.0 Å². The number of ether oxygens (including phenoxy) is 2. The molecule has 9 nitrogen and oxygen atoms in total. The first-order valence-electron chi connectivity index (χ1n) is 10.1. The van der Waals surface area contributed by atoms with Gasteiger partial charge in [0.2, 0.25) is 0 Å². The lowest BCUT2D eigenvalue weighted by Crippen LogP contribution is -2.40. The van der Waals surface area contributed by atoms with Crippen molar-refractivity contribution in [2.75, 3.05) is 25.6 Å². The average molecular weight is 427 g/mol. The number of hydrogen-bond acceptors (Lipinski definition) is 6. The summed E-state index contributed by atoms with van der Waals surface area (Å²) in [7, 11) is 1.62. The summed E-state index contributed by atoms with van der Waals surface area (Å²) in [6.45, 7) is 3.38. The fourth-order valence-electron chi connectivity index (χ4n) is 3.37. The fraction of sp³-hybridized carbons (Fsp3) is 0.364. The molecule has 2 aromatic rings. The van der Waals surface area contributed by atoms with Crippen molar-refractivity contribution in [1.82, 2.24) is 4.90 Å². The minimum atomic E-state index is -0.552. The summed E-state index contributed by atoms with van der Waals surface area (Å²) >= 11 is 0. The summed E-state index contributed by atoms with van der Waals surface area (Å²) in [5, 5.41) is 13.6. The van der Waals surface area contributed by atoms with Gasteiger partial charge in [-0.3, -0.25) is 19.7 Å². The minimum Gasteiger partial charge on any atom is -0.480 e. The molecule has 0 bridgehead atoms. The smallest absolute Gasteiger partial charge is 0.269 e. The number of benzene rings is 2. The lowest BCUT2D eigenvalue weighted by atomic mass is 10.1. The summed E-state index contributed by atoms with van der Waals surface area (Å²) in [4.78, 5) is 37.3. The number of non-ortho nitro benzene ring substituents is 1. The molecule has 0 aliphatic carbocycles. The fourth-order valence-corrected chi connectivity index (χ4v) is 3.37. The van der Waals surface area contributed by atoms with E-state index in [9.17, 15) is 19.7 Å². The molecule has 1 unspecified atom stereocenters. The molecule has 1 N–H and O–H groups in total. The Kier molecular flexibility index (Phi) is 7.19. The van der Waals surface area contributed by atoms with Gasteiger partial charge >= 0.3 is 0 Å². The number of nitrogens with one attached hydrogen (secondary N) is 1.